The molecule has 0 saturated heterocycles. The van der Waals surface area contributed by atoms with Crippen molar-refractivity contribution in [3.05, 3.63) is 22.8 Å². The van der Waals surface area contributed by atoms with E-state index in [2.05, 4.69) is 5.32 Å². The van der Waals surface area contributed by atoms with Crippen LogP contribution in [0.1, 0.15) is 62.0 Å². The Morgan fingerprint density at radius 3 is 2.38 bits per heavy atom. The van der Waals surface area contributed by atoms with Gasteiger partial charge < -0.3 is 9.84 Å². The van der Waals surface area contributed by atoms with E-state index in [1.54, 1.807) is 33.8 Å². The first-order valence-electron chi connectivity index (χ1n) is 6.88. The molecule has 0 unspecified atom stereocenters. The maximum Gasteiger partial charge on any atom is 0.412 e. The summed E-state index contributed by atoms with van der Waals surface area (Å²) in [6.07, 6.45) is -0.000522. The van der Waals surface area contributed by atoms with Crippen LogP contribution in [0.3, 0.4) is 0 Å². The third-order valence-corrected chi connectivity index (χ3v) is 3.01. The molecule has 5 nitrogen and oxygen atoms in total. The van der Waals surface area contributed by atoms with Gasteiger partial charge in [0, 0.05) is 5.69 Å². The second-order valence-corrected chi connectivity index (χ2v) is 6.30. The molecule has 5 heteroatoms. The fourth-order valence-electron chi connectivity index (χ4n) is 1.94. The summed E-state index contributed by atoms with van der Waals surface area (Å²) in [6, 6.07) is 1.67. The van der Waals surface area contributed by atoms with Gasteiger partial charge in [0.05, 0.1) is 5.56 Å². The second kappa shape index (κ2) is 6.16. The smallest absolute Gasteiger partial charge is 0.412 e. The van der Waals surface area contributed by atoms with Crippen LogP contribution in [0.2, 0.25) is 0 Å². The summed E-state index contributed by atoms with van der Waals surface area (Å²) in [5.41, 5.74) is 1.16. The number of phenols is 1. The number of phenolic OH excluding ortho intramolecular Hbond substituents is 1. The lowest BCUT2D eigenvalue weighted by Crippen LogP contribution is -2.27. The largest absolute Gasteiger partial charge is 0.507 e. The predicted molar refractivity (Wildman–Crippen MR) is 82.2 cm³/mol. The van der Waals surface area contributed by atoms with Crippen molar-refractivity contribution in [2.75, 3.05) is 5.32 Å². The summed E-state index contributed by atoms with van der Waals surface area (Å²) < 4.78 is 5.20. The molecule has 2 N–H and O–H groups in total. The molecule has 0 fully saturated rings. The highest BCUT2D eigenvalue weighted by atomic mass is 16.6. The molecular weight excluding hydrogens is 270 g/mol. The Morgan fingerprint density at radius 1 is 1.38 bits per heavy atom. The predicted octanol–water partition coefficient (Wildman–Crippen LogP) is 3.98. The summed E-state index contributed by atoms with van der Waals surface area (Å²) in [5.74, 6) is -0.0178. The molecule has 21 heavy (non-hydrogen) atoms. The van der Waals surface area contributed by atoms with Crippen LogP contribution in [0.15, 0.2) is 6.07 Å². The quantitative estimate of drug-likeness (QED) is 0.652. The van der Waals surface area contributed by atoms with Crippen molar-refractivity contribution in [1.82, 2.24) is 0 Å². The van der Waals surface area contributed by atoms with Gasteiger partial charge in [-0.15, -0.1) is 0 Å². The van der Waals surface area contributed by atoms with Gasteiger partial charge >= 0.3 is 6.09 Å². The molecule has 0 radical (unpaired) electrons. The number of aromatic hydroxyl groups is 1. The SMILES string of the molecule is Cc1c(NC(=O)OC(C)(C)C)cc(C(C)C)c(O)c1C=O. The molecule has 116 valence electrons. The van der Waals surface area contributed by atoms with Crippen LogP contribution >= 0.6 is 0 Å². The number of aldehydes is 1. The first kappa shape index (κ1) is 17.0. The van der Waals surface area contributed by atoms with Gasteiger partial charge in [0.1, 0.15) is 11.4 Å². The summed E-state index contributed by atoms with van der Waals surface area (Å²) in [6.45, 7) is 10.8. The topological polar surface area (TPSA) is 75.6 Å². The van der Waals surface area contributed by atoms with E-state index in [-0.39, 0.29) is 17.2 Å². The summed E-state index contributed by atoms with van der Waals surface area (Å²) in [4.78, 5) is 23.0. The van der Waals surface area contributed by atoms with Crippen molar-refractivity contribution in [1.29, 1.82) is 0 Å². The minimum Gasteiger partial charge on any atom is -0.507 e. The lowest BCUT2D eigenvalue weighted by atomic mass is 9.95. The second-order valence-electron chi connectivity index (χ2n) is 6.30. The van der Waals surface area contributed by atoms with Crippen LogP contribution in [0, 0.1) is 6.92 Å². The molecule has 0 bridgehead atoms. The molecule has 1 rings (SSSR count). The summed E-state index contributed by atoms with van der Waals surface area (Å²) >= 11 is 0. The van der Waals surface area contributed by atoms with Gasteiger partial charge in [-0.05, 0) is 50.8 Å². The van der Waals surface area contributed by atoms with Gasteiger partial charge in [0.15, 0.2) is 6.29 Å². The van der Waals surface area contributed by atoms with E-state index in [1.165, 1.54) is 0 Å². The van der Waals surface area contributed by atoms with Crippen LogP contribution in [0.4, 0.5) is 10.5 Å². The standard InChI is InChI=1S/C16H23NO4/c1-9(2)11-7-13(10(3)12(8-18)14(11)19)17-15(20)21-16(4,5)6/h7-9,19H,1-6H3,(H,17,20). The fourth-order valence-corrected chi connectivity index (χ4v) is 1.94. The van der Waals surface area contributed by atoms with Crippen LogP contribution < -0.4 is 5.32 Å². The van der Waals surface area contributed by atoms with Gasteiger partial charge in [-0.3, -0.25) is 10.1 Å². The first-order valence-corrected chi connectivity index (χ1v) is 6.88. The first-order chi connectivity index (χ1) is 9.56. The number of rotatable bonds is 3. The normalized spacial score (nSPS) is 11.4. The Labute approximate surface area is 125 Å². The van der Waals surface area contributed by atoms with E-state index in [0.717, 1.165) is 0 Å². The number of hydrogen-bond acceptors (Lipinski definition) is 4. The number of anilines is 1. The van der Waals surface area contributed by atoms with Crippen molar-refractivity contribution < 1.29 is 19.4 Å². The molecule has 1 amide bonds. The maximum absolute atomic E-state index is 11.9. The molecule has 0 spiro atoms. The van der Waals surface area contributed by atoms with Crippen LogP contribution in [-0.4, -0.2) is 23.1 Å². The van der Waals surface area contributed by atoms with E-state index >= 15 is 0 Å². The Kier molecular flexibility index (Phi) is 4.99. The molecule has 1 aromatic carbocycles. The highest BCUT2D eigenvalue weighted by molar-refractivity contribution is 5.91. The average molecular weight is 293 g/mol. The van der Waals surface area contributed by atoms with Crippen molar-refractivity contribution in [3.8, 4) is 5.75 Å². The Balaban J connectivity index is 3.21. The van der Waals surface area contributed by atoms with Crippen molar-refractivity contribution in [2.45, 2.75) is 53.1 Å². The van der Waals surface area contributed by atoms with Gasteiger partial charge in [-0.2, -0.15) is 0 Å². The van der Waals surface area contributed by atoms with E-state index in [4.69, 9.17) is 4.74 Å². The third-order valence-electron chi connectivity index (χ3n) is 3.01. The van der Waals surface area contributed by atoms with E-state index in [1.807, 2.05) is 13.8 Å². The Hall–Kier alpha value is -2.04. The number of carbonyl (C=O) groups excluding carboxylic acids is 2. The zero-order chi connectivity index (χ0) is 16.4. The van der Waals surface area contributed by atoms with E-state index in [0.29, 0.717) is 23.1 Å². The minimum atomic E-state index is -0.608. The van der Waals surface area contributed by atoms with Crippen molar-refractivity contribution in [3.63, 3.8) is 0 Å². The molecule has 0 aliphatic rings. The molecule has 0 aliphatic carbocycles. The van der Waals surface area contributed by atoms with E-state index < -0.39 is 11.7 Å². The molecule has 0 aromatic heterocycles. The van der Waals surface area contributed by atoms with Crippen molar-refractivity contribution in [2.24, 2.45) is 0 Å². The molecule has 0 atom stereocenters. The fraction of sp³-hybridized carbons (Fsp3) is 0.500. The lowest BCUT2D eigenvalue weighted by molar-refractivity contribution is 0.0635. The van der Waals surface area contributed by atoms with Gasteiger partial charge in [0.2, 0.25) is 0 Å². The average Bonchev–Trinajstić information content (AvgIpc) is 2.30. The van der Waals surface area contributed by atoms with E-state index in [9.17, 15) is 14.7 Å². The lowest BCUT2D eigenvalue weighted by Gasteiger charge is -2.21. The molecule has 1 aromatic rings. The molecule has 0 aliphatic heterocycles. The number of benzene rings is 1. The van der Waals surface area contributed by atoms with Crippen LogP contribution in [-0.2, 0) is 4.74 Å². The highest BCUT2D eigenvalue weighted by Gasteiger charge is 2.20. The number of hydrogen-bond donors (Lipinski definition) is 2. The summed E-state index contributed by atoms with van der Waals surface area (Å²) in [7, 11) is 0. The minimum absolute atomic E-state index is 0.0171. The number of ether oxygens (including phenoxy) is 1. The summed E-state index contributed by atoms with van der Waals surface area (Å²) in [5, 5.41) is 12.7. The maximum atomic E-state index is 11.9. The van der Waals surface area contributed by atoms with Crippen LogP contribution in [0.25, 0.3) is 0 Å². The zero-order valence-corrected chi connectivity index (χ0v) is 13.4. The monoisotopic (exact) mass is 293 g/mol. The number of carbonyl (C=O) groups is 2. The van der Waals surface area contributed by atoms with Crippen molar-refractivity contribution >= 4 is 18.1 Å². The Bertz CT molecular complexity index is 556. The zero-order valence-electron chi connectivity index (χ0n) is 13.4. The Morgan fingerprint density at radius 2 is 1.95 bits per heavy atom. The van der Waals surface area contributed by atoms with Gasteiger partial charge in [-0.25, -0.2) is 4.79 Å². The number of amides is 1. The molecule has 0 saturated carbocycles. The van der Waals surface area contributed by atoms with Gasteiger partial charge in [-0.1, -0.05) is 13.8 Å². The number of nitrogens with one attached hydrogen (secondary N) is 1. The molecule has 0 heterocycles. The third kappa shape index (κ3) is 4.21. The van der Waals surface area contributed by atoms with Crippen LogP contribution in [0.5, 0.6) is 5.75 Å². The van der Waals surface area contributed by atoms with Gasteiger partial charge in [0.25, 0.3) is 0 Å². The highest BCUT2D eigenvalue weighted by Crippen LogP contribution is 2.35. The molecular formula is C16H23NO4.